The van der Waals surface area contributed by atoms with Gasteiger partial charge in [-0.3, -0.25) is 0 Å². The van der Waals surface area contributed by atoms with Crippen molar-refractivity contribution in [2.75, 3.05) is 13.2 Å². The van der Waals surface area contributed by atoms with Crippen LogP contribution in [0.5, 0.6) is 11.5 Å². The smallest absolute Gasteiger partial charge is 0.171 e. The van der Waals surface area contributed by atoms with E-state index in [9.17, 15) is 4.39 Å². The lowest BCUT2D eigenvalue weighted by atomic mass is 10.2. The molecule has 3 rings (SSSR count). The van der Waals surface area contributed by atoms with E-state index in [0.29, 0.717) is 27.0 Å². The third kappa shape index (κ3) is 5.94. The molecule has 7 nitrogen and oxygen atoms in total. The minimum Gasteiger partial charge on any atom is -0.489 e. The number of nitrogens with zero attached hydrogens (tertiary/aromatic N) is 3. The second kappa shape index (κ2) is 10.7. The third-order valence-corrected chi connectivity index (χ3v) is 5.76. The quantitative estimate of drug-likeness (QED) is 0.312. The minimum atomic E-state index is -0.640. The topological polar surface area (TPSA) is 89.4 Å². The maximum atomic E-state index is 14.5. The summed E-state index contributed by atoms with van der Waals surface area (Å²) in [5, 5.41) is 18.6. The molecule has 0 saturated carbocycles. The molecular formula is C19H18Cl3FN4O3S. The Bertz CT molecular complexity index is 1050. The third-order valence-electron chi connectivity index (χ3n) is 3.89. The molecule has 2 heterocycles. The zero-order chi connectivity index (χ0) is 22.5. The van der Waals surface area contributed by atoms with E-state index in [1.807, 2.05) is 13.8 Å². The molecule has 2 N–H and O–H groups in total. The molecule has 0 radical (unpaired) electrons. The van der Waals surface area contributed by atoms with Crippen LogP contribution in [0.4, 0.5) is 4.39 Å². The number of hydrogen-bond donors (Lipinski definition) is 2. The van der Waals surface area contributed by atoms with Gasteiger partial charge in [0, 0.05) is 11.6 Å². The summed E-state index contributed by atoms with van der Waals surface area (Å²) in [6.07, 6.45) is -0.0389. The highest BCUT2D eigenvalue weighted by molar-refractivity contribution is 7.18. The van der Waals surface area contributed by atoms with E-state index >= 15 is 0 Å². The molecule has 0 aliphatic carbocycles. The van der Waals surface area contributed by atoms with Crippen LogP contribution in [0.25, 0.3) is 21.3 Å². The monoisotopic (exact) mass is 506 g/mol. The van der Waals surface area contributed by atoms with Crippen molar-refractivity contribution in [1.82, 2.24) is 20.0 Å². The molecule has 3 aromatic rings. The molecule has 0 amide bonds. The lowest BCUT2D eigenvalue weighted by molar-refractivity contribution is 0.194. The van der Waals surface area contributed by atoms with Crippen LogP contribution in [0, 0.1) is 5.82 Å². The predicted octanol–water partition coefficient (Wildman–Crippen LogP) is 4.98. The summed E-state index contributed by atoms with van der Waals surface area (Å²) in [6.45, 7) is 3.46. The summed E-state index contributed by atoms with van der Waals surface area (Å²) in [5.74, 6) is -0.240. The van der Waals surface area contributed by atoms with Crippen LogP contribution < -0.4 is 14.3 Å². The van der Waals surface area contributed by atoms with E-state index in [2.05, 4.69) is 20.0 Å². The van der Waals surface area contributed by atoms with Gasteiger partial charge in [-0.2, -0.15) is 0 Å². The van der Waals surface area contributed by atoms with Gasteiger partial charge < -0.3 is 14.6 Å². The van der Waals surface area contributed by atoms with Gasteiger partial charge in [0.25, 0.3) is 0 Å². The number of ether oxygens (including phenoxy) is 2. The van der Waals surface area contributed by atoms with Crippen molar-refractivity contribution in [3.63, 3.8) is 0 Å². The van der Waals surface area contributed by atoms with Gasteiger partial charge >= 0.3 is 0 Å². The number of benzene rings is 1. The summed E-state index contributed by atoms with van der Waals surface area (Å²) < 4.78 is 25.4. The highest BCUT2D eigenvalue weighted by Crippen LogP contribution is 2.37. The fourth-order valence-corrected chi connectivity index (χ4v) is 3.90. The van der Waals surface area contributed by atoms with Gasteiger partial charge in [-0.25, -0.2) is 14.2 Å². The molecule has 1 atom stereocenters. The normalized spacial score (nSPS) is 12.3. The van der Waals surface area contributed by atoms with Crippen LogP contribution in [0.15, 0.2) is 24.3 Å². The Labute approximate surface area is 197 Å². The van der Waals surface area contributed by atoms with Gasteiger partial charge in [-0.1, -0.05) is 34.5 Å². The van der Waals surface area contributed by atoms with E-state index < -0.39 is 11.9 Å². The number of rotatable bonds is 9. The maximum absolute atomic E-state index is 14.5. The number of hydrogen-bond acceptors (Lipinski definition) is 8. The zero-order valence-electron chi connectivity index (χ0n) is 16.4. The van der Waals surface area contributed by atoms with E-state index in [-0.39, 0.29) is 35.2 Å². The molecule has 0 fully saturated rings. The van der Waals surface area contributed by atoms with Crippen LogP contribution >= 0.6 is 46.3 Å². The maximum Gasteiger partial charge on any atom is 0.171 e. The number of aliphatic hydroxyl groups excluding tert-OH is 1. The Kier molecular flexibility index (Phi) is 8.26. The van der Waals surface area contributed by atoms with E-state index in [1.54, 1.807) is 12.1 Å². The summed E-state index contributed by atoms with van der Waals surface area (Å²) in [5.41, 5.74) is 0.861. The molecular weight excluding hydrogens is 490 g/mol. The number of pyridine rings is 1. The molecule has 0 aliphatic heterocycles. The van der Waals surface area contributed by atoms with Crippen molar-refractivity contribution in [1.29, 1.82) is 0 Å². The number of aromatic nitrogens is 3. The van der Waals surface area contributed by atoms with Crippen LogP contribution in [0.3, 0.4) is 0 Å². The number of aliphatic hydroxyl groups is 1. The van der Waals surface area contributed by atoms with Crippen LogP contribution in [0.2, 0.25) is 10.2 Å². The molecule has 1 unspecified atom stereocenters. The minimum absolute atomic E-state index is 0.0389. The standard InChI is InChI=1S/C19H18Cl3FN4O3S/c1-9(2)30-15-4-3-14(24-17(15)21)19-27-26-18(31-19)11-5-13(23)16(6-12(11)20)29-8-10(7-28)25-22/h3-6,9-10,25,28H,7-8H2,1-2H3. The van der Waals surface area contributed by atoms with Crippen molar-refractivity contribution in [3.05, 3.63) is 40.3 Å². The highest BCUT2D eigenvalue weighted by Gasteiger charge is 2.18. The first kappa shape index (κ1) is 23.9. The fourth-order valence-electron chi connectivity index (χ4n) is 2.43. The van der Waals surface area contributed by atoms with Gasteiger partial charge in [0.1, 0.15) is 17.3 Å². The molecule has 0 bridgehead atoms. The van der Waals surface area contributed by atoms with E-state index in [1.165, 1.54) is 23.5 Å². The Morgan fingerprint density at radius 3 is 2.55 bits per heavy atom. The second-order valence-corrected chi connectivity index (χ2v) is 8.59. The number of halogens is 4. The first-order chi connectivity index (χ1) is 14.8. The summed E-state index contributed by atoms with van der Waals surface area (Å²) in [7, 11) is 0. The lowest BCUT2D eigenvalue weighted by Gasteiger charge is -2.14. The molecule has 2 aromatic heterocycles. The Hall–Kier alpha value is -1.75. The van der Waals surface area contributed by atoms with Gasteiger partial charge in [-0.15, -0.1) is 10.2 Å². The zero-order valence-corrected chi connectivity index (χ0v) is 19.5. The van der Waals surface area contributed by atoms with Crippen molar-refractivity contribution in [2.24, 2.45) is 0 Å². The van der Waals surface area contributed by atoms with E-state index in [0.717, 1.165) is 0 Å². The Morgan fingerprint density at radius 1 is 1.16 bits per heavy atom. The van der Waals surface area contributed by atoms with Crippen LogP contribution in [0.1, 0.15) is 13.8 Å². The van der Waals surface area contributed by atoms with Gasteiger partial charge in [0.05, 0.1) is 23.8 Å². The van der Waals surface area contributed by atoms with Crippen molar-refractivity contribution < 1.29 is 19.0 Å². The van der Waals surface area contributed by atoms with Crippen molar-refractivity contribution >= 4 is 46.3 Å². The largest absolute Gasteiger partial charge is 0.489 e. The summed E-state index contributed by atoms with van der Waals surface area (Å²) in [4.78, 5) is 6.63. The predicted molar refractivity (Wildman–Crippen MR) is 120 cm³/mol. The SMILES string of the molecule is CC(C)Oc1ccc(-c2nnc(-c3cc(F)c(OCC(CO)NCl)cc3Cl)s2)nc1Cl. The van der Waals surface area contributed by atoms with Gasteiger partial charge in [0.15, 0.2) is 27.5 Å². The Morgan fingerprint density at radius 2 is 1.90 bits per heavy atom. The molecule has 0 saturated heterocycles. The lowest BCUT2D eigenvalue weighted by Crippen LogP contribution is -2.32. The number of nitrogens with one attached hydrogen (secondary N) is 1. The van der Waals surface area contributed by atoms with E-state index in [4.69, 9.17) is 49.6 Å². The van der Waals surface area contributed by atoms with Crippen molar-refractivity contribution in [3.8, 4) is 32.8 Å². The molecule has 31 heavy (non-hydrogen) atoms. The Balaban J connectivity index is 1.82. The average molecular weight is 508 g/mol. The molecule has 0 spiro atoms. The molecule has 1 aromatic carbocycles. The molecule has 166 valence electrons. The average Bonchev–Trinajstić information content (AvgIpc) is 3.22. The second-order valence-electron chi connectivity index (χ2n) is 6.63. The molecule has 0 aliphatic rings. The highest BCUT2D eigenvalue weighted by atomic mass is 35.5. The first-order valence-corrected chi connectivity index (χ1v) is 11.0. The first-order valence-electron chi connectivity index (χ1n) is 9.08. The van der Waals surface area contributed by atoms with Crippen LogP contribution in [-0.4, -0.2) is 45.6 Å². The van der Waals surface area contributed by atoms with Crippen LogP contribution in [-0.2, 0) is 0 Å². The van der Waals surface area contributed by atoms with Gasteiger partial charge in [-0.05, 0) is 43.8 Å². The summed E-state index contributed by atoms with van der Waals surface area (Å²) >= 11 is 19.2. The molecule has 12 heteroatoms. The van der Waals surface area contributed by atoms with Crippen molar-refractivity contribution in [2.45, 2.75) is 26.0 Å². The fraction of sp³-hybridized carbons (Fsp3) is 0.316. The van der Waals surface area contributed by atoms with Gasteiger partial charge in [0.2, 0.25) is 0 Å². The summed E-state index contributed by atoms with van der Waals surface area (Å²) in [6, 6.07) is 5.42.